The number of nitrogens with one attached hydrogen (secondary N) is 1. The highest BCUT2D eigenvalue weighted by atomic mass is 16.3. The maximum Gasteiger partial charge on any atom is 0.119 e. The summed E-state index contributed by atoms with van der Waals surface area (Å²) in [5.41, 5.74) is 2.36. The molecule has 162 valence electrons. The Morgan fingerprint density at radius 1 is 0.897 bits per heavy atom. The van der Waals surface area contributed by atoms with Gasteiger partial charge in [0.1, 0.15) is 17.3 Å². The van der Waals surface area contributed by atoms with Crippen LogP contribution in [0, 0.1) is 0 Å². The molecular weight excluding hydrogens is 364 g/mol. The summed E-state index contributed by atoms with van der Waals surface area (Å²) in [6, 6.07) is 0. The molecule has 0 aliphatic carbocycles. The molecule has 0 aliphatic rings. The Kier molecular flexibility index (Phi) is 14.1. The molecule has 4 N–H and O–H groups in total. The summed E-state index contributed by atoms with van der Waals surface area (Å²) in [6.07, 6.45) is 11.0. The van der Waals surface area contributed by atoms with Crippen LogP contribution in [0.4, 0.5) is 0 Å². The van der Waals surface area contributed by atoms with Crippen LogP contribution in [-0.2, 0) is 0 Å². The molecule has 0 saturated heterocycles. The monoisotopic (exact) mass is 402 g/mol. The number of nitrogens with zero attached hydrogens (tertiary/aromatic N) is 1. The van der Waals surface area contributed by atoms with Crippen LogP contribution in [0.25, 0.3) is 0 Å². The van der Waals surface area contributed by atoms with E-state index in [9.17, 15) is 15.3 Å². The first-order valence-electron chi connectivity index (χ1n) is 10.0. The number of allylic oxidation sites excluding steroid dienone is 5. The third-order valence-electron chi connectivity index (χ3n) is 4.50. The van der Waals surface area contributed by atoms with E-state index in [0.717, 1.165) is 17.6 Å². The molecule has 29 heavy (non-hydrogen) atoms. The largest absolute Gasteiger partial charge is 0.508 e. The molecule has 0 atom stereocenters. The number of hydrogen-bond acceptors (Lipinski definition) is 5. The minimum atomic E-state index is 0.115. The normalized spacial score (nSPS) is 14.8. The molecule has 0 aromatic carbocycles. The van der Waals surface area contributed by atoms with E-state index in [2.05, 4.69) is 23.4 Å². The second kappa shape index (κ2) is 15.4. The van der Waals surface area contributed by atoms with Gasteiger partial charge < -0.3 is 20.6 Å². The maximum atomic E-state index is 10.3. The lowest BCUT2D eigenvalue weighted by Crippen LogP contribution is -2.36. The van der Waals surface area contributed by atoms with Crippen LogP contribution in [0.2, 0.25) is 0 Å². The molecule has 5 heteroatoms. The third kappa shape index (κ3) is 10.0. The van der Waals surface area contributed by atoms with Gasteiger partial charge in [-0.2, -0.15) is 0 Å². The molecule has 0 rings (SSSR count). The van der Waals surface area contributed by atoms with Gasteiger partial charge in [-0.1, -0.05) is 38.3 Å². The van der Waals surface area contributed by atoms with Crippen LogP contribution >= 0.6 is 0 Å². The standard InChI is InChI=1S/C24H38N2O3/c1-7-13-24(29)21(10-4)18-26(17-20(9-3)23(28)12-6)15-14-25-16-19(8-2)22(27)11-5/h8-13,25,27-29H,2,5,7,14-18H2,1,3-4,6H3/b20-9-,21-10-,22-19-,23-12+,24-13+. The SMILES string of the molecule is C=C/C(O)=C(\C=C)CNCCN(CC(=C/C)/C(O)=C\C)CC(=C/C)/C(O)=C\CC. The lowest BCUT2D eigenvalue weighted by atomic mass is 10.1. The lowest BCUT2D eigenvalue weighted by Gasteiger charge is -2.25. The summed E-state index contributed by atoms with van der Waals surface area (Å²) >= 11 is 0. The number of aliphatic hydroxyl groups is 3. The fraction of sp³-hybridized carbons (Fsp3) is 0.417. The fourth-order valence-corrected chi connectivity index (χ4v) is 2.70. The summed E-state index contributed by atoms with van der Waals surface area (Å²) < 4.78 is 0. The van der Waals surface area contributed by atoms with E-state index in [0.29, 0.717) is 38.3 Å². The van der Waals surface area contributed by atoms with E-state index < -0.39 is 0 Å². The van der Waals surface area contributed by atoms with E-state index in [1.165, 1.54) is 6.08 Å². The first-order chi connectivity index (χ1) is 13.9. The van der Waals surface area contributed by atoms with Gasteiger partial charge in [-0.15, -0.1) is 0 Å². The van der Waals surface area contributed by atoms with Gasteiger partial charge >= 0.3 is 0 Å². The zero-order chi connectivity index (χ0) is 22.2. The molecule has 0 amide bonds. The Balaban J connectivity index is 5.26. The van der Waals surface area contributed by atoms with Crippen LogP contribution in [0.15, 0.2) is 83.6 Å². The van der Waals surface area contributed by atoms with Crippen LogP contribution in [0.3, 0.4) is 0 Å². The molecule has 0 saturated carbocycles. The van der Waals surface area contributed by atoms with E-state index >= 15 is 0 Å². The molecule has 0 aliphatic heterocycles. The maximum absolute atomic E-state index is 10.3. The Morgan fingerprint density at radius 3 is 1.93 bits per heavy atom. The van der Waals surface area contributed by atoms with Crippen molar-refractivity contribution in [1.29, 1.82) is 0 Å². The zero-order valence-electron chi connectivity index (χ0n) is 18.4. The van der Waals surface area contributed by atoms with E-state index in [1.807, 2.05) is 32.9 Å². The van der Waals surface area contributed by atoms with Crippen molar-refractivity contribution in [1.82, 2.24) is 10.2 Å². The smallest absolute Gasteiger partial charge is 0.119 e. The predicted octanol–water partition coefficient (Wildman–Crippen LogP) is 5.27. The summed E-state index contributed by atoms with van der Waals surface area (Å²) in [5, 5.41) is 33.5. The topological polar surface area (TPSA) is 76.0 Å². The van der Waals surface area contributed by atoms with Gasteiger partial charge in [-0.05, 0) is 45.4 Å². The van der Waals surface area contributed by atoms with E-state index in [-0.39, 0.29) is 17.3 Å². The number of aliphatic hydroxyl groups excluding tert-OH is 3. The van der Waals surface area contributed by atoms with Gasteiger partial charge in [-0.25, -0.2) is 0 Å². The fourth-order valence-electron chi connectivity index (χ4n) is 2.70. The van der Waals surface area contributed by atoms with Crippen LogP contribution in [0.5, 0.6) is 0 Å². The van der Waals surface area contributed by atoms with Gasteiger partial charge in [0.2, 0.25) is 0 Å². The number of rotatable bonds is 14. The zero-order valence-corrected chi connectivity index (χ0v) is 18.4. The summed E-state index contributed by atoms with van der Waals surface area (Å²) in [6.45, 7) is 17.8. The molecule has 5 nitrogen and oxygen atoms in total. The first kappa shape index (κ1) is 26.5. The van der Waals surface area contributed by atoms with Gasteiger partial charge in [-0.3, -0.25) is 4.90 Å². The van der Waals surface area contributed by atoms with Crippen molar-refractivity contribution in [3.05, 3.63) is 83.6 Å². The summed E-state index contributed by atoms with van der Waals surface area (Å²) in [5.74, 6) is 0.663. The van der Waals surface area contributed by atoms with E-state index in [4.69, 9.17) is 0 Å². The third-order valence-corrected chi connectivity index (χ3v) is 4.50. The lowest BCUT2D eigenvalue weighted by molar-refractivity contribution is 0.300. The van der Waals surface area contributed by atoms with Crippen molar-refractivity contribution in [3.63, 3.8) is 0 Å². The average Bonchev–Trinajstić information content (AvgIpc) is 2.73. The van der Waals surface area contributed by atoms with Gasteiger partial charge in [0.15, 0.2) is 0 Å². The van der Waals surface area contributed by atoms with Crippen LogP contribution in [-0.4, -0.2) is 52.9 Å². The molecule has 0 spiro atoms. The molecule has 0 aromatic rings. The molecule has 0 fully saturated rings. The minimum Gasteiger partial charge on any atom is -0.508 e. The first-order valence-corrected chi connectivity index (χ1v) is 10.0. The average molecular weight is 403 g/mol. The van der Waals surface area contributed by atoms with Crippen molar-refractivity contribution < 1.29 is 15.3 Å². The van der Waals surface area contributed by atoms with Crippen LogP contribution in [0.1, 0.15) is 34.1 Å². The van der Waals surface area contributed by atoms with E-state index in [1.54, 1.807) is 25.2 Å². The quantitative estimate of drug-likeness (QED) is 0.181. The minimum absolute atomic E-state index is 0.115. The molecule has 0 aromatic heterocycles. The Bertz CT molecular complexity index is 682. The number of hydrogen-bond donors (Lipinski definition) is 4. The van der Waals surface area contributed by atoms with Crippen molar-refractivity contribution >= 4 is 0 Å². The second-order valence-electron chi connectivity index (χ2n) is 6.51. The molecular formula is C24H38N2O3. The van der Waals surface area contributed by atoms with Gasteiger partial charge in [0, 0.05) is 49.4 Å². The Morgan fingerprint density at radius 2 is 1.48 bits per heavy atom. The predicted molar refractivity (Wildman–Crippen MR) is 124 cm³/mol. The van der Waals surface area contributed by atoms with Crippen molar-refractivity contribution in [2.45, 2.75) is 34.1 Å². The van der Waals surface area contributed by atoms with Crippen LogP contribution < -0.4 is 5.32 Å². The summed E-state index contributed by atoms with van der Waals surface area (Å²) in [7, 11) is 0. The highest BCUT2D eigenvalue weighted by molar-refractivity contribution is 5.29. The summed E-state index contributed by atoms with van der Waals surface area (Å²) in [4.78, 5) is 2.15. The Labute approximate surface area is 176 Å². The van der Waals surface area contributed by atoms with Crippen molar-refractivity contribution in [2.24, 2.45) is 0 Å². The molecule has 0 heterocycles. The molecule has 0 bridgehead atoms. The molecule has 0 unspecified atom stereocenters. The van der Waals surface area contributed by atoms with Gasteiger partial charge in [0.25, 0.3) is 0 Å². The molecule has 0 radical (unpaired) electrons. The van der Waals surface area contributed by atoms with Gasteiger partial charge in [0.05, 0.1) is 0 Å². The second-order valence-corrected chi connectivity index (χ2v) is 6.51. The highest BCUT2D eigenvalue weighted by Crippen LogP contribution is 2.14. The highest BCUT2D eigenvalue weighted by Gasteiger charge is 2.14. The Hall–Kier alpha value is -2.50. The van der Waals surface area contributed by atoms with Crippen molar-refractivity contribution in [3.8, 4) is 0 Å². The van der Waals surface area contributed by atoms with Crippen molar-refractivity contribution in [2.75, 3.05) is 32.7 Å².